The summed E-state index contributed by atoms with van der Waals surface area (Å²) in [7, 11) is 0. The summed E-state index contributed by atoms with van der Waals surface area (Å²) in [4.78, 5) is 39.3. The van der Waals surface area contributed by atoms with Crippen molar-refractivity contribution in [1.82, 2.24) is 10.2 Å². The highest BCUT2D eigenvalue weighted by Crippen LogP contribution is 2.31. The molecule has 7 heteroatoms. The van der Waals surface area contributed by atoms with Crippen LogP contribution in [0.5, 0.6) is 0 Å². The Hall–Kier alpha value is -2.41. The first-order valence-corrected chi connectivity index (χ1v) is 10.2. The van der Waals surface area contributed by atoms with Gasteiger partial charge in [-0.25, -0.2) is 0 Å². The van der Waals surface area contributed by atoms with E-state index in [1.807, 2.05) is 4.90 Å². The summed E-state index contributed by atoms with van der Waals surface area (Å²) in [5, 5.41) is 5.92. The number of esters is 1. The van der Waals surface area contributed by atoms with Crippen LogP contribution >= 0.6 is 0 Å². The fourth-order valence-electron chi connectivity index (χ4n) is 4.64. The molecule has 2 atom stereocenters. The Kier molecular flexibility index (Phi) is 5.62. The van der Waals surface area contributed by atoms with Gasteiger partial charge in [0.05, 0.1) is 24.4 Å². The molecule has 2 aliphatic heterocycles. The third kappa shape index (κ3) is 4.04. The number of para-hydroxylation sites is 1. The fraction of sp³-hybridized carbons (Fsp3) is 0.571. The third-order valence-electron chi connectivity index (χ3n) is 6.08. The lowest BCUT2D eigenvalue weighted by atomic mass is 9.95. The van der Waals surface area contributed by atoms with Crippen molar-refractivity contribution < 1.29 is 19.1 Å². The van der Waals surface area contributed by atoms with Gasteiger partial charge in [-0.2, -0.15) is 0 Å². The van der Waals surface area contributed by atoms with Gasteiger partial charge >= 0.3 is 5.97 Å². The number of benzene rings is 1. The molecule has 1 saturated carbocycles. The Morgan fingerprint density at radius 2 is 1.89 bits per heavy atom. The Bertz CT molecular complexity index is 760. The van der Waals surface area contributed by atoms with Gasteiger partial charge in [0.2, 0.25) is 5.91 Å². The second kappa shape index (κ2) is 8.31. The quantitative estimate of drug-likeness (QED) is 0.757. The summed E-state index contributed by atoms with van der Waals surface area (Å²) < 4.78 is 5.17. The number of hydrogen-bond acceptors (Lipinski definition) is 5. The van der Waals surface area contributed by atoms with Gasteiger partial charge in [0.15, 0.2) is 0 Å². The van der Waals surface area contributed by atoms with Crippen molar-refractivity contribution in [3.8, 4) is 0 Å². The molecule has 4 rings (SSSR count). The molecule has 0 spiro atoms. The molecule has 2 N–H and O–H groups in total. The molecular formula is C21H27N3O4. The standard InChI is InChI=1S/C21H27N3O4/c25-18(13-24-11-9-14-10-12-28-21(27)19(14)24)23-17-8-4-3-7-16(17)20(26)22-15-5-1-2-6-15/h3-4,7-8,14-15,19H,1-2,5-6,9-13H2,(H,22,26)(H,23,25). The van der Waals surface area contributed by atoms with Gasteiger partial charge in [0.25, 0.3) is 5.91 Å². The topological polar surface area (TPSA) is 87.7 Å². The van der Waals surface area contributed by atoms with E-state index in [0.29, 0.717) is 24.4 Å². The summed E-state index contributed by atoms with van der Waals surface area (Å²) in [5.41, 5.74) is 0.976. The van der Waals surface area contributed by atoms with Crippen LogP contribution in [0.4, 0.5) is 5.69 Å². The van der Waals surface area contributed by atoms with Crippen LogP contribution in [0, 0.1) is 5.92 Å². The minimum Gasteiger partial charge on any atom is -0.465 e. The van der Waals surface area contributed by atoms with Crippen molar-refractivity contribution >= 4 is 23.5 Å². The second-order valence-electron chi connectivity index (χ2n) is 7.97. The average Bonchev–Trinajstić information content (AvgIpc) is 3.33. The Morgan fingerprint density at radius 3 is 2.71 bits per heavy atom. The lowest BCUT2D eigenvalue weighted by Crippen LogP contribution is -2.46. The van der Waals surface area contributed by atoms with Crippen LogP contribution < -0.4 is 10.6 Å². The predicted octanol–water partition coefficient (Wildman–Crippen LogP) is 1.93. The van der Waals surface area contributed by atoms with Crippen molar-refractivity contribution in [3.05, 3.63) is 29.8 Å². The van der Waals surface area contributed by atoms with Gasteiger partial charge in [-0.3, -0.25) is 19.3 Å². The molecule has 2 saturated heterocycles. The van der Waals surface area contributed by atoms with E-state index in [2.05, 4.69) is 10.6 Å². The van der Waals surface area contributed by atoms with Crippen molar-refractivity contribution in [2.24, 2.45) is 5.92 Å². The van der Waals surface area contributed by atoms with Crippen LogP contribution in [0.3, 0.4) is 0 Å². The second-order valence-corrected chi connectivity index (χ2v) is 7.97. The number of carbonyl (C=O) groups excluding carboxylic acids is 3. The first-order valence-electron chi connectivity index (χ1n) is 10.2. The number of nitrogens with one attached hydrogen (secondary N) is 2. The number of rotatable bonds is 5. The normalized spacial score (nSPS) is 25.2. The number of ether oxygens (including phenoxy) is 1. The minimum absolute atomic E-state index is 0.120. The maximum Gasteiger partial charge on any atom is 0.323 e. The SMILES string of the molecule is O=C(CN1CCC2CCOC(=O)C21)Nc1ccccc1C(=O)NC1CCCC1. The van der Waals surface area contributed by atoms with Gasteiger partial charge in [0, 0.05) is 6.04 Å². The first-order chi connectivity index (χ1) is 13.6. The van der Waals surface area contributed by atoms with E-state index in [-0.39, 0.29) is 42.3 Å². The molecule has 1 aromatic carbocycles. The van der Waals surface area contributed by atoms with E-state index in [1.165, 1.54) is 0 Å². The highest BCUT2D eigenvalue weighted by molar-refractivity contribution is 6.04. The molecule has 1 aromatic rings. The Morgan fingerprint density at radius 1 is 1.11 bits per heavy atom. The van der Waals surface area contributed by atoms with Gasteiger partial charge in [-0.05, 0) is 50.3 Å². The molecule has 28 heavy (non-hydrogen) atoms. The molecule has 2 unspecified atom stereocenters. The molecule has 3 aliphatic rings. The maximum absolute atomic E-state index is 12.6. The van der Waals surface area contributed by atoms with Crippen LogP contribution in [0.15, 0.2) is 24.3 Å². The zero-order valence-electron chi connectivity index (χ0n) is 16.0. The van der Waals surface area contributed by atoms with Crippen LogP contribution in [0.2, 0.25) is 0 Å². The molecule has 3 fully saturated rings. The summed E-state index contributed by atoms with van der Waals surface area (Å²) in [6, 6.07) is 6.96. The maximum atomic E-state index is 12.6. The number of anilines is 1. The number of amides is 2. The molecule has 0 bridgehead atoms. The average molecular weight is 385 g/mol. The molecule has 0 aromatic heterocycles. The Balaban J connectivity index is 1.39. The van der Waals surface area contributed by atoms with Crippen molar-refractivity contribution in [2.45, 2.75) is 50.6 Å². The smallest absolute Gasteiger partial charge is 0.323 e. The van der Waals surface area contributed by atoms with Crippen LogP contribution in [0.25, 0.3) is 0 Å². The largest absolute Gasteiger partial charge is 0.465 e. The van der Waals surface area contributed by atoms with Crippen molar-refractivity contribution in [2.75, 3.05) is 25.0 Å². The monoisotopic (exact) mass is 385 g/mol. The molecule has 2 amide bonds. The number of nitrogens with zero attached hydrogens (tertiary/aromatic N) is 1. The highest BCUT2D eigenvalue weighted by atomic mass is 16.5. The highest BCUT2D eigenvalue weighted by Gasteiger charge is 2.43. The van der Waals surface area contributed by atoms with Crippen LogP contribution in [-0.2, 0) is 14.3 Å². The molecule has 0 radical (unpaired) electrons. The fourth-order valence-corrected chi connectivity index (χ4v) is 4.64. The van der Waals surface area contributed by atoms with Gasteiger partial charge < -0.3 is 15.4 Å². The zero-order valence-corrected chi connectivity index (χ0v) is 16.0. The Labute approximate surface area is 164 Å². The molecule has 1 aliphatic carbocycles. The van der Waals surface area contributed by atoms with E-state index >= 15 is 0 Å². The van der Waals surface area contributed by atoms with E-state index in [1.54, 1.807) is 24.3 Å². The number of hydrogen-bond donors (Lipinski definition) is 2. The minimum atomic E-state index is -0.319. The van der Waals surface area contributed by atoms with Crippen molar-refractivity contribution in [3.63, 3.8) is 0 Å². The van der Waals surface area contributed by atoms with E-state index in [4.69, 9.17) is 4.74 Å². The predicted molar refractivity (Wildman–Crippen MR) is 104 cm³/mol. The van der Waals surface area contributed by atoms with E-state index in [0.717, 1.165) is 38.5 Å². The number of cyclic esters (lactones) is 1. The van der Waals surface area contributed by atoms with E-state index < -0.39 is 0 Å². The summed E-state index contributed by atoms with van der Waals surface area (Å²) in [5.74, 6) is -0.323. The number of likely N-dealkylation sites (tertiary alicyclic amines) is 1. The summed E-state index contributed by atoms with van der Waals surface area (Å²) >= 11 is 0. The zero-order chi connectivity index (χ0) is 19.5. The molecule has 7 nitrogen and oxygen atoms in total. The number of carbonyl (C=O) groups is 3. The van der Waals surface area contributed by atoms with Crippen molar-refractivity contribution in [1.29, 1.82) is 0 Å². The van der Waals surface area contributed by atoms with E-state index in [9.17, 15) is 14.4 Å². The lowest BCUT2D eigenvalue weighted by Gasteiger charge is -2.29. The molecular weight excluding hydrogens is 358 g/mol. The van der Waals surface area contributed by atoms with Gasteiger partial charge in [-0.1, -0.05) is 25.0 Å². The number of fused-ring (bicyclic) bond motifs is 1. The first kappa shape index (κ1) is 18.9. The summed E-state index contributed by atoms with van der Waals surface area (Å²) in [6.45, 7) is 1.31. The van der Waals surface area contributed by atoms with Gasteiger partial charge in [-0.15, -0.1) is 0 Å². The lowest BCUT2D eigenvalue weighted by molar-refractivity contribution is -0.155. The molecule has 150 valence electrons. The molecule has 2 heterocycles. The third-order valence-corrected chi connectivity index (χ3v) is 6.08. The van der Waals surface area contributed by atoms with Crippen LogP contribution in [-0.4, -0.2) is 54.5 Å². The van der Waals surface area contributed by atoms with Gasteiger partial charge in [0.1, 0.15) is 6.04 Å². The summed E-state index contributed by atoms with van der Waals surface area (Å²) in [6.07, 6.45) is 6.07. The van der Waals surface area contributed by atoms with Crippen LogP contribution in [0.1, 0.15) is 48.9 Å².